The van der Waals surface area contributed by atoms with Gasteiger partial charge in [0.15, 0.2) is 0 Å². The standard InChI is InChI=1S/C15H30N4O.3ClH/c1-12(11-19-8-6-18(2)7-9-19)17-15(20)13-4-3-5-14(16)10-13;;;/h12-14H,3-11,16H2,1-2H3,(H,17,20);3*1H. The number of carbonyl (C=O) groups excluding carboxylic acids is 1. The number of hydrogen-bond donors (Lipinski definition) is 2. The maximum atomic E-state index is 12.3. The third kappa shape index (κ3) is 8.75. The van der Waals surface area contributed by atoms with Crippen LogP contribution in [-0.4, -0.2) is 67.6 Å². The molecule has 3 N–H and O–H groups in total. The van der Waals surface area contributed by atoms with Gasteiger partial charge < -0.3 is 16.0 Å². The molecule has 0 radical (unpaired) electrons. The van der Waals surface area contributed by atoms with Gasteiger partial charge in [0.25, 0.3) is 0 Å². The zero-order valence-corrected chi connectivity index (χ0v) is 16.7. The van der Waals surface area contributed by atoms with Crippen LogP contribution in [0.25, 0.3) is 0 Å². The van der Waals surface area contributed by atoms with Crippen LogP contribution in [-0.2, 0) is 4.79 Å². The first-order valence-electron chi connectivity index (χ1n) is 8.01. The largest absolute Gasteiger partial charge is 0.352 e. The molecule has 0 bridgehead atoms. The van der Waals surface area contributed by atoms with Gasteiger partial charge in [-0.3, -0.25) is 9.69 Å². The highest BCUT2D eigenvalue weighted by molar-refractivity contribution is 5.86. The van der Waals surface area contributed by atoms with Crippen LogP contribution in [0, 0.1) is 5.92 Å². The molecule has 1 aliphatic carbocycles. The minimum absolute atomic E-state index is 0. The van der Waals surface area contributed by atoms with Crippen LogP contribution in [0.5, 0.6) is 0 Å². The lowest BCUT2D eigenvalue weighted by molar-refractivity contribution is -0.126. The van der Waals surface area contributed by atoms with Crippen LogP contribution in [0.4, 0.5) is 0 Å². The number of likely N-dealkylation sites (N-methyl/N-ethyl adjacent to an activating group) is 1. The first-order valence-corrected chi connectivity index (χ1v) is 8.01. The monoisotopic (exact) mass is 390 g/mol. The van der Waals surface area contributed by atoms with Gasteiger partial charge in [0.2, 0.25) is 5.91 Å². The normalized spacial score (nSPS) is 26.9. The minimum atomic E-state index is 0. The molecule has 5 nitrogen and oxygen atoms in total. The summed E-state index contributed by atoms with van der Waals surface area (Å²) < 4.78 is 0. The van der Waals surface area contributed by atoms with Gasteiger partial charge in [-0.15, -0.1) is 37.2 Å². The number of piperazine rings is 1. The Morgan fingerprint density at radius 1 is 1.17 bits per heavy atom. The summed E-state index contributed by atoms with van der Waals surface area (Å²) in [5.41, 5.74) is 5.96. The van der Waals surface area contributed by atoms with E-state index < -0.39 is 0 Å². The Bertz CT molecular complexity index is 328. The lowest BCUT2D eigenvalue weighted by atomic mass is 9.85. The number of halogens is 3. The van der Waals surface area contributed by atoms with Crippen LogP contribution in [0.3, 0.4) is 0 Å². The van der Waals surface area contributed by atoms with Crippen molar-refractivity contribution in [3.05, 3.63) is 0 Å². The number of nitrogens with one attached hydrogen (secondary N) is 1. The maximum absolute atomic E-state index is 12.3. The lowest BCUT2D eigenvalue weighted by Crippen LogP contribution is -2.50. The van der Waals surface area contributed by atoms with E-state index in [0.717, 1.165) is 58.4 Å². The highest BCUT2D eigenvalue weighted by atomic mass is 35.5. The molecule has 0 spiro atoms. The smallest absolute Gasteiger partial charge is 0.223 e. The number of amides is 1. The molecule has 1 aliphatic heterocycles. The quantitative estimate of drug-likeness (QED) is 0.763. The summed E-state index contributed by atoms with van der Waals surface area (Å²) in [7, 11) is 2.16. The molecule has 8 heteroatoms. The van der Waals surface area contributed by atoms with E-state index in [1.165, 1.54) is 0 Å². The number of nitrogens with zero attached hydrogens (tertiary/aromatic N) is 2. The molecule has 3 unspecified atom stereocenters. The summed E-state index contributed by atoms with van der Waals surface area (Å²) in [6, 6.07) is 0.441. The number of nitrogens with two attached hydrogens (primary N) is 1. The summed E-state index contributed by atoms with van der Waals surface area (Å²) in [6.45, 7) is 7.52. The molecule has 0 aromatic heterocycles. The van der Waals surface area contributed by atoms with Crippen molar-refractivity contribution in [1.82, 2.24) is 15.1 Å². The summed E-state index contributed by atoms with van der Waals surface area (Å²) in [4.78, 5) is 17.0. The van der Waals surface area contributed by atoms with Crippen molar-refractivity contribution in [2.24, 2.45) is 11.7 Å². The highest BCUT2D eigenvalue weighted by Gasteiger charge is 2.26. The van der Waals surface area contributed by atoms with Crippen LogP contribution in [0.15, 0.2) is 0 Å². The SMILES string of the molecule is CC(CN1CCN(C)CC1)NC(=O)C1CCCC(N)C1.Cl.Cl.Cl. The average molecular weight is 392 g/mol. The van der Waals surface area contributed by atoms with E-state index in [1.54, 1.807) is 0 Å². The van der Waals surface area contributed by atoms with E-state index in [4.69, 9.17) is 5.73 Å². The van der Waals surface area contributed by atoms with E-state index in [1.807, 2.05) is 0 Å². The zero-order valence-electron chi connectivity index (χ0n) is 14.2. The third-order valence-electron chi connectivity index (χ3n) is 4.60. The molecule has 2 fully saturated rings. The van der Waals surface area contributed by atoms with Gasteiger partial charge in [0.1, 0.15) is 0 Å². The van der Waals surface area contributed by atoms with E-state index in [-0.39, 0.29) is 61.1 Å². The van der Waals surface area contributed by atoms with Gasteiger partial charge in [-0.1, -0.05) is 6.42 Å². The van der Waals surface area contributed by atoms with Gasteiger partial charge in [-0.05, 0) is 33.2 Å². The second-order valence-corrected chi connectivity index (χ2v) is 6.64. The Balaban J connectivity index is 0. The molecule has 1 saturated carbocycles. The zero-order chi connectivity index (χ0) is 14.5. The van der Waals surface area contributed by atoms with Crippen LogP contribution >= 0.6 is 37.2 Å². The van der Waals surface area contributed by atoms with Crippen LogP contribution < -0.4 is 11.1 Å². The number of carbonyl (C=O) groups is 1. The minimum Gasteiger partial charge on any atom is -0.352 e. The van der Waals surface area contributed by atoms with Gasteiger partial charge >= 0.3 is 0 Å². The predicted molar refractivity (Wildman–Crippen MR) is 103 cm³/mol. The Morgan fingerprint density at radius 3 is 2.35 bits per heavy atom. The molecule has 23 heavy (non-hydrogen) atoms. The van der Waals surface area contributed by atoms with Gasteiger partial charge in [0.05, 0.1) is 0 Å². The second-order valence-electron chi connectivity index (χ2n) is 6.64. The number of hydrogen-bond acceptors (Lipinski definition) is 4. The maximum Gasteiger partial charge on any atom is 0.223 e. The molecule has 2 aliphatic rings. The Morgan fingerprint density at radius 2 is 1.78 bits per heavy atom. The van der Waals surface area contributed by atoms with Crippen molar-refractivity contribution in [3.8, 4) is 0 Å². The fraction of sp³-hybridized carbons (Fsp3) is 0.933. The van der Waals surface area contributed by atoms with E-state index in [2.05, 4.69) is 29.1 Å². The van der Waals surface area contributed by atoms with Crippen LogP contribution in [0.1, 0.15) is 32.6 Å². The molecule has 2 rings (SSSR count). The van der Waals surface area contributed by atoms with E-state index >= 15 is 0 Å². The van der Waals surface area contributed by atoms with Gasteiger partial charge in [-0.2, -0.15) is 0 Å². The molecular weight excluding hydrogens is 359 g/mol. The van der Waals surface area contributed by atoms with Crippen molar-refractivity contribution in [2.45, 2.75) is 44.7 Å². The fourth-order valence-corrected chi connectivity index (χ4v) is 3.29. The van der Waals surface area contributed by atoms with Crippen molar-refractivity contribution in [1.29, 1.82) is 0 Å². The lowest BCUT2D eigenvalue weighted by Gasteiger charge is -2.34. The Hall–Kier alpha value is 0.220. The second kappa shape index (κ2) is 12.6. The first-order chi connectivity index (χ1) is 9.54. The van der Waals surface area contributed by atoms with Gasteiger partial charge in [-0.25, -0.2) is 0 Å². The first kappa shape index (κ1) is 25.5. The molecule has 0 aromatic carbocycles. The van der Waals surface area contributed by atoms with E-state index in [0.29, 0.717) is 0 Å². The molecular formula is C15H33Cl3N4O. The van der Waals surface area contributed by atoms with Crippen molar-refractivity contribution in [3.63, 3.8) is 0 Å². The Kier molecular flexibility index (Phi) is 13.9. The Labute approximate surface area is 159 Å². The van der Waals surface area contributed by atoms with Crippen LogP contribution in [0.2, 0.25) is 0 Å². The molecule has 3 atom stereocenters. The van der Waals surface area contributed by atoms with Gasteiger partial charge in [0, 0.05) is 50.7 Å². The molecule has 140 valence electrons. The molecule has 1 heterocycles. The third-order valence-corrected chi connectivity index (χ3v) is 4.60. The fourth-order valence-electron chi connectivity index (χ4n) is 3.29. The van der Waals surface area contributed by atoms with Crippen molar-refractivity contribution < 1.29 is 4.79 Å². The average Bonchev–Trinajstić information content (AvgIpc) is 2.41. The molecule has 0 aromatic rings. The highest BCUT2D eigenvalue weighted by Crippen LogP contribution is 2.23. The predicted octanol–water partition coefficient (Wildman–Crippen LogP) is 1.52. The van der Waals surface area contributed by atoms with E-state index in [9.17, 15) is 4.79 Å². The molecule has 1 saturated heterocycles. The summed E-state index contributed by atoms with van der Waals surface area (Å²) >= 11 is 0. The summed E-state index contributed by atoms with van der Waals surface area (Å²) in [5.74, 6) is 0.343. The van der Waals surface area contributed by atoms with Crippen molar-refractivity contribution >= 4 is 43.1 Å². The molecule has 1 amide bonds. The summed E-state index contributed by atoms with van der Waals surface area (Å²) in [5, 5.41) is 3.18. The number of rotatable bonds is 4. The van der Waals surface area contributed by atoms with Crippen molar-refractivity contribution in [2.75, 3.05) is 39.8 Å². The summed E-state index contributed by atoms with van der Waals surface area (Å²) in [6.07, 6.45) is 4.01. The topological polar surface area (TPSA) is 61.6 Å².